The molecule has 2 fully saturated rings. The zero-order valence-corrected chi connectivity index (χ0v) is 20.3. The standard InChI is InChI=1S/C26H40N4O3/c1-20(2)19-32-24-9-7-8-23-22(24)18-25(28-23)33-26(31)27-21-10-14-30(15-11-21)17-16-29-12-5-3-4-6-13-29/h7-9,18,20-21,28H,3-6,10-17,19H2,1-2H3,(H,27,31). The zero-order valence-electron chi connectivity index (χ0n) is 20.3. The van der Waals surface area contributed by atoms with Crippen LogP contribution >= 0.6 is 0 Å². The van der Waals surface area contributed by atoms with Crippen molar-refractivity contribution in [2.45, 2.75) is 58.4 Å². The Balaban J connectivity index is 1.21. The van der Waals surface area contributed by atoms with Crippen molar-refractivity contribution in [1.29, 1.82) is 0 Å². The van der Waals surface area contributed by atoms with Crippen molar-refractivity contribution in [3.8, 4) is 11.6 Å². The van der Waals surface area contributed by atoms with Crippen LogP contribution in [0.25, 0.3) is 10.9 Å². The molecule has 3 heterocycles. The minimum absolute atomic E-state index is 0.168. The summed E-state index contributed by atoms with van der Waals surface area (Å²) in [5, 5.41) is 3.98. The van der Waals surface area contributed by atoms with Crippen molar-refractivity contribution in [3.63, 3.8) is 0 Å². The monoisotopic (exact) mass is 456 g/mol. The van der Waals surface area contributed by atoms with Gasteiger partial charge in [0.25, 0.3) is 0 Å². The normalized spacial score (nSPS) is 19.0. The van der Waals surface area contributed by atoms with Gasteiger partial charge in [-0.05, 0) is 56.8 Å². The summed E-state index contributed by atoms with van der Waals surface area (Å²) in [5.41, 5.74) is 0.900. The number of ether oxygens (including phenoxy) is 2. The van der Waals surface area contributed by atoms with E-state index in [-0.39, 0.29) is 6.04 Å². The molecule has 33 heavy (non-hydrogen) atoms. The molecule has 2 N–H and O–H groups in total. The Morgan fingerprint density at radius 3 is 2.45 bits per heavy atom. The Kier molecular flexibility index (Phi) is 8.51. The summed E-state index contributed by atoms with van der Waals surface area (Å²) in [4.78, 5) is 20.8. The smallest absolute Gasteiger partial charge is 0.414 e. The lowest BCUT2D eigenvalue weighted by molar-refractivity contribution is 0.157. The van der Waals surface area contributed by atoms with Crippen LogP contribution in [-0.4, -0.2) is 72.8 Å². The van der Waals surface area contributed by atoms with Gasteiger partial charge in [0.15, 0.2) is 0 Å². The number of hydrogen-bond acceptors (Lipinski definition) is 5. The lowest BCUT2D eigenvalue weighted by Gasteiger charge is -2.33. The van der Waals surface area contributed by atoms with Crippen molar-refractivity contribution < 1.29 is 14.3 Å². The molecular formula is C26H40N4O3. The van der Waals surface area contributed by atoms with Crippen LogP contribution in [0.3, 0.4) is 0 Å². The molecule has 7 heteroatoms. The highest BCUT2D eigenvalue weighted by molar-refractivity contribution is 5.88. The number of piperidine rings is 1. The first kappa shape index (κ1) is 23.9. The van der Waals surface area contributed by atoms with E-state index in [0.717, 1.165) is 49.1 Å². The molecule has 0 aliphatic carbocycles. The van der Waals surface area contributed by atoms with Crippen LogP contribution in [0, 0.1) is 5.92 Å². The van der Waals surface area contributed by atoms with Crippen LogP contribution in [0.5, 0.6) is 11.6 Å². The molecule has 0 unspecified atom stereocenters. The summed E-state index contributed by atoms with van der Waals surface area (Å²) in [5.74, 6) is 1.69. The van der Waals surface area contributed by atoms with E-state index in [9.17, 15) is 4.79 Å². The Morgan fingerprint density at radius 1 is 1.06 bits per heavy atom. The molecule has 0 radical (unpaired) electrons. The van der Waals surface area contributed by atoms with Crippen LogP contribution in [0.4, 0.5) is 4.79 Å². The van der Waals surface area contributed by atoms with Gasteiger partial charge >= 0.3 is 6.09 Å². The number of amides is 1. The van der Waals surface area contributed by atoms with E-state index in [2.05, 4.69) is 33.9 Å². The summed E-state index contributed by atoms with van der Waals surface area (Å²) >= 11 is 0. The molecule has 2 aliphatic heterocycles. The second-order valence-electron chi connectivity index (χ2n) is 9.96. The Labute approximate surface area is 197 Å². The number of nitrogens with zero attached hydrogens (tertiary/aromatic N) is 2. The number of aromatic amines is 1. The maximum atomic E-state index is 12.5. The molecular weight excluding hydrogens is 416 g/mol. The Morgan fingerprint density at radius 2 is 1.76 bits per heavy atom. The summed E-state index contributed by atoms with van der Waals surface area (Å²) in [7, 11) is 0. The molecule has 0 spiro atoms. The van der Waals surface area contributed by atoms with Crippen LogP contribution in [-0.2, 0) is 0 Å². The van der Waals surface area contributed by atoms with E-state index in [1.165, 1.54) is 45.3 Å². The topological polar surface area (TPSA) is 69.8 Å². The van der Waals surface area contributed by atoms with Crippen molar-refractivity contribution in [1.82, 2.24) is 20.1 Å². The number of carbonyl (C=O) groups is 1. The SMILES string of the molecule is CC(C)COc1cccc2[nH]c(OC(=O)NC3CCN(CCN4CCCCCC4)CC3)cc12. The predicted molar refractivity (Wildman–Crippen MR) is 132 cm³/mol. The molecule has 2 aliphatic rings. The molecule has 1 aromatic carbocycles. The maximum absolute atomic E-state index is 12.5. The molecule has 0 atom stereocenters. The molecule has 1 aromatic heterocycles. The van der Waals surface area contributed by atoms with Crippen molar-refractivity contribution >= 4 is 17.0 Å². The third-order valence-corrected chi connectivity index (χ3v) is 6.71. The minimum Gasteiger partial charge on any atom is -0.493 e. The third kappa shape index (κ3) is 7.11. The fourth-order valence-corrected chi connectivity index (χ4v) is 4.78. The second-order valence-corrected chi connectivity index (χ2v) is 9.96. The first-order valence-electron chi connectivity index (χ1n) is 12.7. The number of carbonyl (C=O) groups excluding carboxylic acids is 1. The van der Waals surface area contributed by atoms with Crippen molar-refractivity contribution in [2.75, 3.05) is 45.9 Å². The van der Waals surface area contributed by atoms with E-state index >= 15 is 0 Å². The van der Waals surface area contributed by atoms with E-state index < -0.39 is 6.09 Å². The van der Waals surface area contributed by atoms with Gasteiger partial charge in [-0.1, -0.05) is 32.8 Å². The maximum Gasteiger partial charge on any atom is 0.414 e. The number of benzene rings is 1. The zero-order chi connectivity index (χ0) is 23.0. The molecule has 182 valence electrons. The molecule has 4 rings (SSSR count). The highest BCUT2D eigenvalue weighted by atomic mass is 16.6. The minimum atomic E-state index is -0.394. The van der Waals surface area contributed by atoms with Gasteiger partial charge in [-0.2, -0.15) is 0 Å². The highest BCUT2D eigenvalue weighted by Crippen LogP contribution is 2.29. The first-order chi connectivity index (χ1) is 16.1. The van der Waals surface area contributed by atoms with Crippen molar-refractivity contribution in [2.24, 2.45) is 5.92 Å². The molecule has 1 amide bonds. The average molecular weight is 457 g/mol. The first-order valence-corrected chi connectivity index (χ1v) is 12.7. The van der Waals surface area contributed by atoms with E-state index in [0.29, 0.717) is 18.4 Å². The highest BCUT2D eigenvalue weighted by Gasteiger charge is 2.22. The molecule has 0 bridgehead atoms. The lowest BCUT2D eigenvalue weighted by atomic mass is 10.1. The predicted octanol–water partition coefficient (Wildman–Crippen LogP) is 4.63. The fraction of sp³-hybridized carbons (Fsp3) is 0.654. The number of H-pyrrole nitrogens is 1. The summed E-state index contributed by atoms with van der Waals surface area (Å²) in [6.07, 6.45) is 7.00. The number of likely N-dealkylation sites (tertiary alicyclic amines) is 2. The quantitative estimate of drug-likeness (QED) is 0.606. The third-order valence-electron chi connectivity index (χ3n) is 6.71. The molecule has 2 saturated heterocycles. The van der Waals surface area contributed by atoms with Gasteiger partial charge in [-0.3, -0.25) is 0 Å². The van der Waals surface area contributed by atoms with E-state index in [4.69, 9.17) is 9.47 Å². The number of fused-ring (bicyclic) bond motifs is 1. The van der Waals surface area contributed by atoms with Crippen LogP contribution < -0.4 is 14.8 Å². The van der Waals surface area contributed by atoms with Crippen LogP contribution in [0.15, 0.2) is 24.3 Å². The van der Waals surface area contributed by atoms with Crippen LogP contribution in [0.1, 0.15) is 52.4 Å². The van der Waals surface area contributed by atoms with E-state index in [1.54, 1.807) is 0 Å². The molecule has 7 nitrogen and oxygen atoms in total. The largest absolute Gasteiger partial charge is 0.493 e. The van der Waals surface area contributed by atoms with Crippen LogP contribution in [0.2, 0.25) is 0 Å². The average Bonchev–Trinajstić information content (AvgIpc) is 3.03. The van der Waals surface area contributed by atoms with Gasteiger partial charge in [0, 0.05) is 43.7 Å². The number of nitrogens with one attached hydrogen (secondary N) is 2. The van der Waals surface area contributed by atoms with Gasteiger partial charge in [-0.25, -0.2) is 4.79 Å². The number of rotatable bonds is 8. The summed E-state index contributed by atoms with van der Waals surface area (Å²) in [6.45, 7) is 11.8. The summed E-state index contributed by atoms with van der Waals surface area (Å²) < 4.78 is 11.5. The molecule has 2 aromatic rings. The van der Waals surface area contributed by atoms with E-state index in [1.807, 2.05) is 24.3 Å². The van der Waals surface area contributed by atoms with Gasteiger partial charge in [-0.15, -0.1) is 0 Å². The number of hydrogen-bond donors (Lipinski definition) is 2. The molecule has 0 saturated carbocycles. The fourth-order valence-electron chi connectivity index (χ4n) is 4.78. The van der Waals surface area contributed by atoms with Gasteiger partial charge in [0.05, 0.1) is 12.1 Å². The van der Waals surface area contributed by atoms with Gasteiger partial charge in [0.2, 0.25) is 5.88 Å². The Hall–Kier alpha value is -2.25. The Bertz CT molecular complexity index is 881. The van der Waals surface area contributed by atoms with Crippen molar-refractivity contribution in [3.05, 3.63) is 24.3 Å². The second kappa shape index (κ2) is 11.7. The van der Waals surface area contributed by atoms with Gasteiger partial charge < -0.3 is 29.6 Å². The van der Waals surface area contributed by atoms with Gasteiger partial charge in [0.1, 0.15) is 5.75 Å². The number of aromatic nitrogens is 1. The lowest BCUT2D eigenvalue weighted by Crippen LogP contribution is -2.47. The summed E-state index contributed by atoms with van der Waals surface area (Å²) in [6, 6.07) is 7.86.